The number of ether oxygens (including phenoxy) is 3. The number of carbonyl (C=O) groups is 1. The summed E-state index contributed by atoms with van der Waals surface area (Å²) in [6.07, 6.45) is 0. The number of benzene rings is 3. The fourth-order valence-electron chi connectivity index (χ4n) is 3.09. The van der Waals surface area contributed by atoms with Crippen molar-refractivity contribution in [3.63, 3.8) is 0 Å². The number of aliphatic carboxylic acids is 1. The van der Waals surface area contributed by atoms with Crippen molar-refractivity contribution in [3.05, 3.63) is 77.9 Å². The van der Waals surface area contributed by atoms with Crippen molar-refractivity contribution in [2.24, 2.45) is 0 Å². The van der Waals surface area contributed by atoms with E-state index in [2.05, 4.69) is 12.1 Å². The number of rotatable bonds is 8. The number of thioether (sulfide) groups is 1. The fourth-order valence-corrected chi connectivity index (χ4v) is 3.78. The lowest BCUT2D eigenvalue weighted by molar-refractivity contribution is -0.133. The molecule has 148 valence electrons. The molecule has 29 heavy (non-hydrogen) atoms. The Morgan fingerprint density at radius 1 is 1.00 bits per heavy atom. The van der Waals surface area contributed by atoms with Crippen LogP contribution in [0.4, 0.5) is 0 Å². The van der Waals surface area contributed by atoms with E-state index in [4.69, 9.17) is 19.3 Å². The van der Waals surface area contributed by atoms with E-state index in [1.807, 2.05) is 54.6 Å². The molecular formula is C23H20O5S. The predicted octanol–water partition coefficient (Wildman–Crippen LogP) is 4.98. The normalized spacial score (nSPS) is 12.0. The van der Waals surface area contributed by atoms with E-state index >= 15 is 0 Å². The SMILES string of the molecule is O=C(O)CSCc1cccc(OCc2ccc(-c3cccc4c3OCO4)cc2)c1. The lowest BCUT2D eigenvalue weighted by Gasteiger charge is -2.10. The van der Waals surface area contributed by atoms with Crippen molar-refractivity contribution < 1.29 is 24.1 Å². The van der Waals surface area contributed by atoms with Gasteiger partial charge in [-0.3, -0.25) is 4.79 Å². The van der Waals surface area contributed by atoms with Crippen molar-refractivity contribution in [2.45, 2.75) is 12.4 Å². The van der Waals surface area contributed by atoms with Crippen molar-refractivity contribution >= 4 is 17.7 Å². The summed E-state index contributed by atoms with van der Waals surface area (Å²) in [5, 5.41) is 8.74. The molecular weight excluding hydrogens is 388 g/mol. The topological polar surface area (TPSA) is 65.0 Å². The summed E-state index contributed by atoms with van der Waals surface area (Å²) < 4.78 is 16.9. The van der Waals surface area contributed by atoms with E-state index in [9.17, 15) is 4.79 Å². The molecule has 0 aromatic heterocycles. The average Bonchev–Trinajstić information content (AvgIpc) is 3.22. The number of para-hydroxylation sites is 1. The first-order valence-corrected chi connectivity index (χ1v) is 10.3. The van der Waals surface area contributed by atoms with Crippen LogP contribution in [-0.4, -0.2) is 23.6 Å². The van der Waals surface area contributed by atoms with Gasteiger partial charge >= 0.3 is 5.97 Å². The van der Waals surface area contributed by atoms with Crippen molar-refractivity contribution in [2.75, 3.05) is 12.5 Å². The summed E-state index contributed by atoms with van der Waals surface area (Å²) >= 11 is 1.37. The Morgan fingerprint density at radius 3 is 2.66 bits per heavy atom. The monoisotopic (exact) mass is 408 g/mol. The van der Waals surface area contributed by atoms with Crippen LogP contribution in [0.25, 0.3) is 11.1 Å². The fraction of sp³-hybridized carbons (Fsp3) is 0.174. The van der Waals surface area contributed by atoms with Crippen LogP contribution in [0.1, 0.15) is 11.1 Å². The summed E-state index contributed by atoms with van der Waals surface area (Å²) in [5.41, 5.74) is 4.18. The Balaban J connectivity index is 1.38. The molecule has 0 atom stereocenters. The molecule has 1 aliphatic heterocycles. The molecule has 5 nitrogen and oxygen atoms in total. The Hall–Kier alpha value is -3.12. The maximum Gasteiger partial charge on any atom is 0.313 e. The molecule has 6 heteroatoms. The highest BCUT2D eigenvalue weighted by Crippen LogP contribution is 2.41. The molecule has 0 saturated carbocycles. The number of hydrogen-bond acceptors (Lipinski definition) is 5. The van der Waals surface area contributed by atoms with Gasteiger partial charge in [-0.05, 0) is 34.9 Å². The highest BCUT2D eigenvalue weighted by molar-refractivity contribution is 7.99. The van der Waals surface area contributed by atoms with Gasteiger partial charge < -0.3 is 19.3 Å². The van der Waals surface area contributed by atoms with Gasteiger partial charge in [0, 0.05) is 11.3 Å². The van der Waals surface area contributed by atoms with Crippen LogP contribution in [0, 0.1) is 0 Å². The van der Waals surface area contributed by atoms with E-state index in [-0.39, 0.29) is 12.5 Å². The third-order valence-electron chi connectivity index (χ3n) is 4.46. The zero-order valence-corrected chi connectivity index (χ0v) is 16.5. The Bertz CT molecular complexity index is 1000. The number of fused-ring (bicyclic) bond motifs is 1. The molecule has 3 aromatic rings. The van der Waals surface area contributed by atoms with E-state index in [0.717, 1.165) is 39.5 Å². The van der Waals surface area contributed by atoms with Gasteiger partial charge in [0.15, 0.2) is 11.5 Å². The molecule has 3 aromatic carbocycles. The zero-order valence-electron chi connectivity index (χ0n) is 15.7. The van der Waals surface area contributed by atoms with Gasteiger partial charge in [0.05, 0.1) is 5.75 Å². The molecule has 1 aliphatic rings. The summed E-state index contributed by atoms with van der Waals surface area (Å²) in [4.78, 5) is 10.6. The van der Waals surface area contributed by atoms with Gasteiger partial charge in [-0.2, -0.15) is 0 Å². The first kappa shape index (κ1) is 19.2. The summed E-state index contributed by atoms with van der Waals surface area (Å²) in [7, 11) is 0. The van der Waals surface area contributed by atoms with Crippen molar-refractivity contribution in [1.29, 1.82) is 0 Å². The molecule has 0 aliphatic carbocycles. The minimum absolute atomic E-state index is 0.0964. The van der Waals surface area contributed by atoms with E-state index in [0.29, 0.717) is 12.4 Å². The smallest absolute Gasteiger partial charge is 0.313 e. The maximum atomic E-state index is 10.6. The second-order valence-corrected chi connectivity index (χ2v) is 7.54. The number of hydrogen-bond donors (Lipinski definition) is 1. The lowest BCUT2D eigenvalue weighted by Crippen LogP contribution is -1.99. The average molecular weight is 408 g/mol. The minimum atomic E-state index is -0.801. The second-order valence-electron chi connectivity index (χ2n) is 6.56. The van der Waals surface area contributed by atoms with Crippen molar-refractivity contribution in [3.8, 4) is 28.4 Å². The molecule has 4 rings (SSSR count). The molecule has 1 N–H and O–H groups in total. The number of carboxylic acids is 1. The van der Waals surface area contributed by atoms with Crippen molar-refractivity contribution in [1.82, 2.24) is 0 Å². The molecule has 0 unspecified atom stereocenters. The van der Waals surface area contributed by atoms with Gasteiger partial charge in [0.2, 0.25) is 6.79 Å². The summed E-state index contributed by atoms with van der Waals surface area (Å²) in [5.74, 6) is 2.27. The van der Waals surface area contributed by atoms with E-state index in [1.54, 1.807) is 0 Å². The van der Waals surface area contributed by atoms with Crippen LogP contribution >= 0.6 is 11.8 Å². The standard InChI is InChI=1S/C23H20O5S/c24-22(25)14-29-13-17-3-1-4-19(11-17)26-12-16-7-9-18(10-8-16)20-5-2-6-21-23(20)28-15-27-21/h1-11H,12-15H2,(H,24,25). The van der Waals surface area contributed by atoms with Gasteiger partial charge in [0.1, 0.15) is 12.4 Å². The molecule has 0 amide bonds. The first-order valence-electron chi connectivity index (χ1n) is 9.18. The summed E-state index contributed by atoms with van der Waals surface area (Å²) in [6.45, 7) is 0.713. The Morgan fingerprint density at radius 2 is 1.83 bits per heavy atom. The molecule has 1 heterocycles. The third kappa shape index (κ3) is 4.84. The zero-order chi connectivity index (χ0) is 20.1. The van der Waals surface area contributed by atoms with E-state index in [1.165, 1.54) is 11.8 Å². The van der Waals surface area contributed by atoms with Gasteiger partial charge in [-0.1, -0.05) is 48.5 Å². The van der Waals surface area contributed by atoms with E-state index < -0.39 is 5.97 Å². The largest absolute Gasteiger partial charge is 0.489 e. The van der Waals surface area contributed by atoms with Crippen LogP contribution in [0.2, 0.25) is 0 Å². The van der Waals surface area contributed by atoms with Crippen LogP contribution in [-0.2, 0) is 17.2 Å². The van der Waals surface area contributed by atoms with Crippen LogP contribution in [0.5, 0.6) is 17.2 Å². The first-order chi connectivity index (χ1) is 14.2. The summed E-state index contributed by atoms with van der Waals surface area (Å²) in [6, 6.07) is 21.8. The van der Waals surface area contributed by atoms with Crippen LogP contribution in [0.3, 0.4) is 0 Å². The predicted molar refractivity (Wildman–Crippen MR) is 113 cm³/mol. The van der Waals surface area contributed by atoms with Crippen LogP contribution in [0.15, 0.2) is 66.7 Å². The Kier molecular flexibility index (Phi) is 5.91. The van der Waals surface area contributed by atoms with Gasteiger partial charge in [-0.25, -0.2) is 0 Å². The molecule has 0 radical (unpaired) electrons. The molecule has 0 spiro atoms. The van der Waals surface area contributed by atoms with Crippen LogP contribution < -0.4 is 14.2 Å². The number of carboxylic acid groups (broad SMARTS) is 1. The lowest BCUT2D eigenvalue weighted by atomic mass is 10.0. The van der Waals surface area contributed by atoms with Gasteiger partial charge in [0.25, 0.3) is 0 Å². The Labute approximate surface area is 173 Å². The molecule has 0 saturated heterocycles. The van der Waals surface area contributed by atoms with Gasteiger partial charge in [-0.15, -0.1) is 11.8 Å². The third-order valence-corrected chi connectivity index (χ3v) is 5.45. The molecule has 0 fully saturated rings. The quantitative estimate of drug-likeness (QED) is 0.567. The minimum Gasteiger partial charge on any atom is -0.489 e. The molecule has 0 bridgehead atoms. The highest BCUT2D eigenvalue weighted by atomic mass is 32.2. The second kappa shape index (κ2) is 8.92. The maximum absolute atomic E-state index is 10.6. The highest BCUT2D eigenvalue weighted by Gasteiger charge is 2.18.